The minimum atomic E-state index is -0.506. The van der Waals surface area contributed by atoms with E-state index in [1.165, 1.54) is 6.07 Å². The van der Waals surface area contributed by atoms with Crippen LogP contribution in [0.5, 0.6) is 0 Å². The van der Waals surface area contributed by atoms with Crippen LogP contribution in [0.2, 0.25) is 5.02 Å². The van der Waals surface area contributed by atoms with Crippen LogP contribution in [-0.4, -0.2) is 30.1 Å². The molecule has 2 aromatic carbocycles. The minimum Gasteiger partial charge on any atom is -0.377 e. The van der Waals surface area contributed by atoms with E-state index in [1.807, 2.05) is 0 Å². The molecule has 0 unspecified atom stereocenters. The third kappa shape index (κ3) is 4.50. The number of rotatable bonds is 6. The molecule has 1 fully saturated rings. The molecule has 3 rings (SSSR count). The Morgan fingerprint density at radius 3 is 2.85 bits per heavy atom. The number of hydrogen-bond acceptors (Lipinski definition) is 5. The average molecular weight is 376 g/mol. The fourth-order valence-corrected chi connectivity index (χ4v) is 2.96. The number of ether oxygens (including phenoxy) is 1. The van der Waals surface area contributed by atoms with E-state index < -0.39 is 10.8 Å². The Morgan fingerprint density at radius 1 is 1.31 bits per heavy atom. The number of nitro groups is 1. The fourth-order valence-electron chi connectivity index (χ4n) is 2.77. The Morgan fingerprint density at radius 2 is 2.15 bits per heavy atom. The smallest absolute Gasteiger partial charge is 0.293 e. The van der Waals surface area contributed by atoms with Gasteiger partial charge in [-0.2, -0.15) is 0 Å². The van der Waals surface area contributed by atoms with Gasteiger partial charge in [0.1, 0.15) is 5.69 Å². The predicted octanol–water partition coefficient (Wildman–Crippen LogP) is 4.09. The van der Waals surface area contributed by atoms with Crippen LogP contribution in [0.25, 0.3) is 0 Å². The zero-order chi connectivity index (χ0) is 18.5. The van der Waals surface area contributed by atoms with Gasteiger partial charge in [0.25, 0.3) is 11.6 Å². The second kappa shape index (κ2) is 8.16. The predicted molar refractivity (Wildman–Crippen MR) is 100.0 cm³/mol. The second-order valence-electron chi connectivity index (χ2n) is 5.97. The van der Waals surface area contributed by atoms with E-state index in [-0.39, 0.29) is 17.4 Å². The zero-order valence-electron chi connectivity index (χ0n) is 13.9. The van der Waals surface area contributed by atoms with Crippen molar-refractivity contribution in [3.05, 3.63) is 63.2 Å². The third-order valence-corrected chi connectivity index (χ3v) is 4.32. The van der Waals surface area contributed by atoms with Crippen molar-refractivity contribution < 1.29 is 14.5 Å². The van der Waals surface area contributed by atoms with Crippen molar-refractivity contribution in [2.75, 3.05) is 23.8 Å². The van der Waals surface area contributed by atoms with Gasteiger partial charge in [-0.1, -0.05) is 17.7 Å². The minimum absolute atomic E-state index is 0.0559. The second-order valence-corrected chi connectivity index (χ2v) is 6.41. The molecule has 2 aromatic rings. The molecule has 2 N–H and O–H groups in total. The lowest BCUT2D eigenvalue weighted by Crippen LogP contribution is -2.19. The highest BCUT2D eigenvalue weighted by Crippen LogP contribution is 2.27. The van der Waals surface area contributed by atoms with Crippen molar-refractivity contribution in [2.24, 2.45) is 0 Å². The lowest BCUT2D eigenvalue weighted by molar-refractivity contribution is -0.384. The Kier molecular flexibility index (Phi) is 5.70. The molecule has 1 atom stereocenters. The molecular formula is C18H18ClN3O4. The molecule has 1 heterocycles. The highest BCUT2D eigenvalue weighted by atomic mass is 35.5. The lowest BCUT2D eigenvalue weighted by Gasteiger charge is -2.13. The van der Waals surface area contributed by atoms with E-state index in [1.54, 1.807) is 36.4 Å². The zero-order valence-corrected chi connectivity index (χ0v) is 14.7. The molecule has 0 aliphatic carbocycles. The maximum Gasteiger partial charge on any atom is 0.293 e. The highest BCUT2D eigenvalue weighted by Gasteiger charge is 2.20. The molecule has 136 valence electrons. The lowest BCUT2D eigenvalue weighted by atomic mass is 10.1. The average Bonchev–Trinajstić information content (AvgIpc) is 3.13. The molecular weight excluding hydrogens is 358 g/mol. The number of amides is 1. The molecule has 0 radical (unpaired) electrons. The van der Waals surface area contributed by atoms with Crippen LogP contribution in [0, 0.1) is 10.1 Å². The van der Waals surface area contributed by atoms with Crippen LogP contribution in [0.1, 0.15) is 23.2 Å². The summed E-state index contributed by atoms with van der Waals surface area (Å²) in [4.78, 5) is 23.2. The van der Waals surface area contributed by atoms with Crippen LogP contribution in [0.3, 0.4) is 0 Å². The quantitative estimate of drug-likeness (QED) is 0.585. The van der Waals surface area contributed by atoms with Crippen LogP contribution in [-0.2, 0) is 4.74 Å². The molecule has 0 bridgehead atoms. The number of hydrogen-bond donors (Lipinski definition) is 2. The molecule has 8 heteroatoms. The first-order chi connectivity index (χ1) is 12.5. The molecule has 0 aromatic heterocycles. The van der Waals surface area contributed by atoms with Gasteiger partial charge in [-0.05, 0) is 43.2 Å². The first kappa shape index (κ1) is 18.2. The number of carbonyl (C=O) groups is 1. The summed E-state index contributed by atoms with van der Waals surface area (Å²) in [5, 5.41) is 17.6. The van der Waals surface area contributed by atoms with Crippen LogP contribution in [0.4, 0.5) is 17.1 Å². The number of nitrogens with one attached hydrogen (secondary N) is 2. The van der Waals surface area contributed by atoms with Gasteiger partial charge in [0.2, 0.25) is 0 Å². The van der Waals surface area contributed by atoms with Crippen molar-refractivity contribution in [2.45, 2.75) is 18.9 Å². The molecule has 0 spiro atoms. The summed E-state index contributed by atoms with van der Waals surface area (Å²) in [6.07, 6.45) is 1.98. The molecule has 1 amide bonds. The van der Waals surface area contributed by atoms with Gasteiger partial charge in [0, 0.05) is 35.5 Å². The van der Waals surface area contributed by atoms with E-state index in [9.17, 15) is 14.9 Å². The summed E-state index contributed by atoms with van der Waals surface area (Å²) in [7, 11) is 0. The van der Waals surface area contributed by atoms with Gasteiger partial charge in [-0.15, -0.1) is 0 Å². The van der Waals surface area contributed by atoms with E-state index in [0.29, 0.717) is 22.9 Å². The number of benzene rings is 2. The van der Waals surface area contributed by atoms with Crippen molar-refractivity contribution in [1.29, 1.82) is 0 Å². The van der Waals surface area contributed by atoms with Gasteiger partial charge >= 0.3 is 0 Å². The summed E-state index contributed by atoms with van der Waals surface area (Å²) in [6.45, 7) is 1.21. The van der Waals surface area contributed by atoms with Crippen molar-refractivity contribution in [3.8, 4) is 0 Å². The molecule has 0 saturated carbocycles. The van der Waals surface area contributed by atoms with E-state index in [0.717, 1.165) is 19.4 Å². The highest BCUT2D eigenvalue weighted by molar-refractivity contribution is 6.31. The van der Waals surface area contributed by atoms with Gasteiger partial charge in [-0.25, -0.2) is 0 Å². The number of nitro benzene ring substituents is 1. The molecule has 1 aliphatic heterocycles. The first-order valence-electron chi connectivity index (χ1n) is 8.24. The summed E-state index contributed by atoms with van der Waals surface area (Å²) in [6, 6.07) is 11.0. The van der Waals surface area contributed by atoms with Gasteiger partial charge in [-0.3, -0.25) is 14.9 Å². The number of carbonyl (C=O) groups excluding carboxylic acids is 1. The van der Waals surface area contributed by atoms with E-state index >= 15 is 0 Å². The Bertz CT molecular complexity index is 822. The first-order valence-corrected chi connectivity index (χ1v) is 8.61. The van der Waals surface area contributed by atoms with Crippen molar-refractivity contribution >= 4 is 34.6 Å². The monoisotopic (exact) mass is 375 g/mol. The van der Waals surface area contributed by atoms with E-state index in [2.05, 4.69) is 10.6 Å². The molecule has 1 saturated heterocycles. The Balaban J connectivity index is 1.74. The van der Waals surface area contributed by atoms with Crippen LogP contribution < -0.4 is 10.6 Å². The van der Waals surface area contributed by atoms with Crippen LogP contribution in [0.15, 0.2) is 42.5 Å². The van der Waals surface area contributed by atoms with Gasteiger partial charge in [0.05, 0.1) is 11.0 Å². The van der Waals surface area contributed by atoms with Gasteiger partial charge < -0.3 is 15.4 Å². The normalized spacial score (nSPS) is 16.3. The molecule has 7 nitrogen and oxygen atoms in total. The molecule has 26 heavy (non-hydrogen) atoms. The summed E-state index contributed by atoms with van der Waals surface area (Å²) >= 11 is 5.89. The number of halogens is 1. The Labute approximate surface area is 155 Å². The Hall–Kier alpha value is -2.64. The maximum absolute atomic E-state index is 12.4. The van der Waals surface area contributed by atoms with Crippen molar-refractivity contribution in [1.82, 2.24) is 0 Å². The summed E-state index contributed by atoms with van der Waals surface area (Å²) < 4.78 is 5.51. The number of anilines is 2. The van der Waals surface area contributed by atoms with E-state index in [4.69, 9.17) is 16.3 Å². The van der Waals surface area contributed by atoms with Crippen molar-refractivity contribution in [3.63, 3.8) is 0 Å². The number of nitrogens with zero attached hydrogens (tertiary/aromatic N) is 1. The van der Waals surface area contributed by atoms with Gasteiger partial charge in [0.15, 0.2) is 0 Å². The summed E-state index contributed by atoms with van der Waals surface area (Å²) in [5.74, 6) is -0.443. The fraction of sp³-hybridized carbons (Fsp3) is 0.278. The molecule has 1 aliphatic rings. The largest absolute Gasteiger partial charge is 0.377 e. The van der Waals surface area contributed by atoms with Crippen LogP contribution >= 0.6 is 11.6 Å². The third-order valence-electron chi connectivity index (χ3n) is 4.08. The standard InChI is InChI=1S/C18H18ClN3O4/c19-13-3-1-4-14(10-13)21-18(23)12-6-7-16(17(9-12)22(24)25)20-11-15-5-2-8-26-15/h1,3-4,6-7,9-10,15,20H,2,5,8,11H2,(H,21,23)/t15-/m1/s1. The summed E-state index contributed by atoms with van der Waals surface area (Å²) in [5.41, 5.74) is 0.927. The SMILES string of the molecule is O=C(Nc1cccc(Cl)c1)c1ccc(NC[C@H]2CCCO2)c([N+](=O)[O-])c1. The topological polar surface area (TPSA) is 93.5 Å². The maximum atomic E-state index is 12.4.